The minimum Gasteiger partial charge on any atom is -0.343 e. The highest BCUT2D eigenvalue weighted by Gasteiger charge is 2.35. The Kier molecular flexibility index (Phi) is 2.66. The molecule has 1 aromatic heterocycles. The molecule has 0 N–H and O–H groups in total. The molecule has 0 fully saturated rings. The first-order chi connectivity index (χ1) is 13.1. The standard InChI is InChI=1S/C23H15NO2S/c1-24-19-13-15-7-3-2-6-14(15)12-18(19)16-10-11-21-22(23(16)24)17-8-4-5-9-20(17)27(21,25)26/h2-13H,1H3. The molecule has 3 nitrogen and oxygen atoms in total. The minimum absolute atomic E-state index is 0.405. The van der Waals surface area contributed by atoms with E-state index in [9.17, 15) is 8.42 Å². The van der Waals surface area contributed by atoms with Gasteiger partial charge in [-0.05, 0) is 35.0 Å². The van der Waals surface area contributed by atoms with Gasteiger partial charge in [-0.1, -0.05) is 48.5 Å². The van der Waals surface area contributed by atoms with Crippen LogP contribution in [0.5, 0.6) is 0 Å². The largest absolute Gasteiger partial charge is 0.343 e. The van der Waals surface area contributed by atoms with Crippen LogP contribution in [0.1, 0.15) is 0 Å². The smallest absolute Gasteiger partial charge is 0.207 e. The average Bonchev–Trinajstić information content (AvgIpc) is 3.10. The zero-order chi connectivity index (χ0) is 18.3. The van der Waals surface area contributed by atoms with Gasteiger partial charge in [0.05, 0.1) is 15.3 Å². The lowest BCUT2D eigenvalue weighted by atomic mass is 10.0. The van der Waals surface area contributed by atoms with Crippen molar-refractivity contribution >= 4 is 42.4 Å². The predicted molar refractivity (Wildman–Crippen MR) is 109 cm³/mol. The molecule has 2 heterocycles. The van der Waals surface area contributed by atoms with Crippen LogP contribution in [0.3, 0.4) is 0 Å². The van der Waals surface area contributed by atoms with E-state index in [4.69, 9.17) is 0 Å². The monoisotopic (exact) mass is 369 g/mol. The third kappa shape index (κ3) is 1.73. The topological polar surface area (TPSA) is 39.1 Å². The molecule has 0 amide bonds. The van der Waals surface area contributed by atoms with Gasteiger partial charge in [0, 0.05) is 34.5 Å². The third-order valence-electron chi connectivity index (χ3n) is 5.73. The van der Waals surface area contributed by atoms with Crippen LogP contribution in [-0.2, 0) is 16.9 Å². The number of aromatic nitrogens is 1. The Labute approximate surface area is 156 Å². The first-order valence-corrected chi connectivity index (χ1v) is 10.3. The maximum absolute atomic E-state index is 13.0. The Morgan fingerprint density at radius 3 is 2.26 bits per heavy atom. The van der Waals surface area contributed by atoms with Crippen LogP contribution >= 0.6 is 0 Å². The van der Waals surface area contributed by atoms with E-state index in [-0.39, 0.29) is 0 Å². The summed E-state index contributed by atoms with van der Waals surface area (Å²) >= 11 is 0. The van der Waals surface area contributed by atoms with Gasteiger partial charge < -0.3 is 4.57 Å². The fourth-order valence-electron chi connectivity index (χ4n) is 4.49. The molecule has 0 saturated heterocycles. The predicted octanol–water partition coefficient (Wildman–Crippen LogP) is 5.30. The summed E-state index contributed by atoms with van der Waals surface area (Å²) in [6.07, 6.45) is 0. The fraction of sp³-hybridized carbons (Fsp3) is 0.0435. The number of aryl methyl sites for hydroxylation is 1. The highest BCUT2D eigenvalue weighted by molar-refractivity contribution is 7.92. The SMILES string of the molecule is Cn1c2cc3ccccc3cc2c2ccc3c(c21)-c1ccccc1S3(=O)=O. The number of rotatable bonds is 0. The van der Waals surface area contributed by atoms with Crippen molar-refractivity contribution in [2.75, 3.05) is 0 Å². The van der Waals surface area contributed by atoms with Crippen molar-refractivity contribution in [1.29, 1.82) is 0 Å². The van der Waals surface area contributed by atoms with Gasteiger partial charge in [-0.15, -0.1) is 0 Å². The van der Waals surface area contributed by atoms with Crippen molar-refractivity contribution in [3.8, 4) is 11.1 Å². The molecule has 0 aliphatic carbocycles. The Bertz CT molecular complexity index is 1540. The first kappa shape index (κ1) is 15.0. The molecule has 27 heavy (non-hydrogen) atoms. The number of hydrogen-bond acceptors (Lipinski definition) is 2. The van der Waals surface area contributed by atoms with Crippen molar-refractivity contribution < 1.29 is 8.42 Å². The van der Waals surface area contributed by atoms with E-state index < -0.39 is 9.84 Å². The van der Waals surface area contributed by atoms with E-state index in [1.54, 1.807) is 18.2 Å². The zero-order valence-electron chi connectivity index (χ0n) is 14.6. The van der Waals surface area contributed by atoms with Crippen molar-refractivity contribution in [3.63, 3.8) is 0 Å². The van der Waals surface area contributed by atoms with Gasteiger partial charge >= 0.3 is 0 Å². The van der Waals surface area contributed by atoms with Crippen molar-refractivity contribution in [2.45, 2.75) is 9.79 Å². The van der Waals surface area contributed by atoms with Crippen LogP contribution in [0.15, 0.2) is 82.6 Å². The van der Waals surface area contributed by atoms with E-state index >= 15 is 0 Å². The molecule has 5 aromatic rings. The molecular formula is C23H15NO2S. The first-order valence-electron chi connectivity index (χ1n) is 8.86. The average molecular weight is 369 g/mol. The van der Waals surface area contributed by atoms with Crippen LogP contribution in [0.2, 0.25) is 0 Å². The maximum atomic E-state index is 13.0. The van der Waals surface area contributed by atoms with Crippen molar-refractivity contribution in [3.05, 3.63) is 72.8 Å². The Balaban J connectivity index is 1.88. The second-order valence-corrected chi connectivity index (χ2v) is 9.00. The van der Waals surface area contributed by atoms with Gasteiger partial charge in [0.15, 0.2) is 0 Å². The summed E-state index contributed by atoms with van der Waals surface area (Å²) in [5, 5.41) is 4.60. The van der Waals surface area contributed by atoms with Gasteiger partial charge in [-0.2, -0.15) is 0 Å². The molecule has 6 rings (SSSR count). The van der Waals surface area contributed by atoms with E-state index in [0.29, 0.717) is 9.79 Å². The van der Waals surface area contributed by atoms with E-state index in [1.165, 1.54) is 10.8 Å². The molecule has 0 atom stereocenters. The fourth-order valence-corrected chi connectivity index (χ4v) is 6.17. The Hall–Kier alpha value is -3.11. The third-order valence-corrected chi connectivity index (χ3v) is 7.58. The minimum atomic E-state index is -3.46. The molecular weight excluding hydrogens is 354 g/mol. The summed E-state index contributed by atoms with van der Waals surface area (Å²) in [6.45, 7) is 0. The second-order valence-electron chi connectivity index (χ2n) is 7.11. The lowest BCUT2D eigenvalue weighted by Gasteiger charge is -2.05. The molecule has 4 aromatic carbocycles. The molecule has 0 spiro atoms. The highest BCUT2D eigenvalue weighted by atomic mass is 32.2. The number of hydrogen-bond donors (Lipinski definition) is 0. The Morgan fingerprint density at radius 2 is 1.44 bits per heavy atom. The summed E-state index contributed by atoms with van der Waals surface area (Å²) in [6, 6.07) is 23.7. The quantitative estimate of drug-likeness (QED) is 0.364. The number of sulfone groups is 1. The second kappa shape index (κ2) is 4.78. The van der Waals surface area contributed by atoms with E-state index in [0.717, 1.165) is 32.9 Å². The summed E-state index contributed by atoms with van der Waals surface area (Å²) in [5.41, 5.74) is 3.71. The number of nitrogens with zero attached hydrogens (tertiary/aromatic N) is 1. The molecule has 130 valence electrons. The number of fused-ring (bicyclic) bond motifs is 8. The molecule has 4 heteroatoms. The molecule has 1 aliphatic rings. The van der Waals surface area contributed by atoms with Crippen LogP contribution < -0.4 is 0 Å². The molecule has 0 bridgehead atoms. The van der Waals surface area contributed by atoms with Crippen LogP contribution in [0.4, 0.5) is 0 Å². The van der Waals surface area contributed by atoms with Crippen LogP contribution in [0.25, 0.3) is 43.7 Å². The van der Waals surface area contributed by atoms with Crippen molar-refractivity contribution in [1.82, 2.24) is 4.57 Å². The molecule has 1 aliphatic heterocycles. The van der Waals surface area contributed by atoms with Gasteiger partial charge in [-0.3, -0.25) is 0 Å². The summed E-state index contributed by atoms with van der Waals surface area (Å²) in [7, 11) is -1.44. The highest BCUT2D eigenvalue weighted by Crippen LogP contribution is 2.48. The van der Waals surface area contributed by atoms with Gasteiger partial charge in [0.25, 0.3) is 0 Å². The van der Waals surface area contributed by atoms with E-state index in [1.807, 2.05) is 37.4 Å². The molecule has 0 saturated carbocycles. The normalized spacial score (nSPS) is 14.7. The van der Waals surface area contributed by atoms with E-state index in [2.05, 4.69) is 28.8 Å². The summed E-state index contributed by atoms with van der Waals surface area (Å²) in [4.78, 5) is 0.814. The summed E-state index contributed by atoms with van der Waals surface area (Å²) < 4.78 is 28.2. The van der Waals surface area contributed by atoms with Gasteiger partial charge in [-0.25, -0.2) is 8.42 Å². The maximum Gasteiger partial charge on any atom is 0.207 e. The zero-order valence-corrected chi connectivity index (χ0v) is 15.4. The molecule has 0 unspecified atom stereocenters. The lowest BCUT2D eigenvalue weighted by Crippen LogP contribution is -1.96. The van der Waals surface area contributed by atoms with Gasteiger partial charge in [0.1, 0.15) is 0 Å². The van der Waals surface area contributed by atoms with Gasteiger partial charge in [0.2, 0.25) is 9.84 Å². The number of benzene rings is 4. The summed E-state index contributed by atoms with van der Waals surface area (Å²) in [5.74, 6) is 0. The van der Waals surface area contributed by atoms with Crippen molar-refractivity contribution in [2.24, 2.45) is 7.05 Å². The lowest BCUT2D eigenvalue weighted by molar-refractivity contribution is 0.599. The van der Waals surface area contributed by atoms with Crippen LogP contribution in [-0.4, -0.2) is 13.0 Å². The Morgan fingerprint density at radius 1 is 0.741 bits per heavy atom. The molecule has 0 radical (unpaired) electrons. The van der Waals surface area contributed by atoms with Crippen LogP contribution in [0, 0.1) is 0 Å².